The first kappa shape index (κ1) is 22.2. The molecule has 0 radical (unpaired) electrons. The molecule has 4 aromatic rings. The van der Waals surface area contributed by atoms with Crippen molar-refractivity contribution < 1.29 is 0 Å². The number of benzene rings is 2. The summed E-state index contributed by atoms with van der Waals surface area (Å²) in [7, 11) is 0. The molecule has 4 atom stereocenters. The molecular formula is C35H28N2S. The topological polar surface area (TPSA) is 25.8 Å². The third-order valence-electron chi connectivity index (χ3n) is 8.75. The number of allylic oxidation sites excluding steroid dienone is 9. The number of hydrogen-bond acceptors (Lipinski definition) is 3. The molecule has 2 heterocycles. The molecule has 184 valence electrons. The monoisotopic (exact) mass is 508 g/mol. The molecule has 0 aliphatic heterocycles. The van der Waals surface area contributed by atoms with Crippen LogP contribution in [-0.4, -0.2) is 9.97 Å². The molecule has 0 bridgehead atoms. The van der Waals surface area contributed by atoms with Crippen molar-refractivity contribution >= 4 is 33.1 Å². The van der Waals surface area contributed by atoms with Gasteiger partial charge in [0.2, 0.25) is 0 Å². The van der Waals surface area contributed by atoms with Crippen LogP contribution in [0.15, 0.2) is 97.4 Å². The van der Waals surface area contributed by atoms with Crippen LogP contribution in [0.3, 0.4) is 0 Å². The Kier molecular flexibility index (Phi) is 5.03. The number of rotatable bonds is 2. The van der Waals surface area contributed by atoms with Gasteiger partial charge in [0.15, 0.2) is 0 Å². The molecule has 3 heteroatoms. The minimum Gasteiger partial charge on any atom is -0.257 e. The van der Waals surface area contributed by atoms with Gasteiger partial charge in [0.05, 0.1) is 11.4 Å². The number of thiophene rings is 1. The number of hydrogen-bond donors (Lipinski definition) is 0. The van der Waals surface area contributed by atoms with Gasteiger partial charge in [0.25, 0.3) is 0 Å². The lowest BCUT2D eigenvalue weighted by molar-refractivity contribution is 0.691. The molecule has 4 aliphatic rings. The summed E-state index contributed by atoms with van der Waals surface area (Å²) >= 11 is 2.02. The Morgan fingerprint density at radius 3 is 2.71 bits per heavy atom. The molecule has 0 fully saturated rings. The van der Waals surface area contributed by atoms with Crippen molar-refractivity contribution in [2.45, 2.75) is 43.4 Å². The average molecular weight is 509 g/mol. The van der Waals surface area contributed by atoms with E-state index >= 15 is 0 Å². The van der Waals surface area contributed by atoms with Gasteiger partial charge >= 0.3 is 0 Å². The molecule has 0 saturated carbocycles. The van der Waals surface area contributed by atoms with Crippen molar-refractivity contribution in [2.75, 3.05) is 0 Å². The predicted molar refractivity (Wildman–Crippen MR) is 160 cm³/mol. The van der Waals surface area contributed by atoms with Gasteiger partial charge in [0.1, 0.15) is 0 Å². The largest absolute Gasteiger partial charge is 0.257 e. The zero-order valence-electron chi connectivity index (χ0n) is 21.3. The molecule has 2 aromatic carbocycles. The molecule has 0 saturated heterocycles. The second-order valence-electron chi connectivity index (χ2n) is 10.9. The third kappa shape index (κ3) is 3.25. The van der Waals surface area contributed by atoms with Crippen molar-refractivity contribution in [3.63, 3.8) is 0 Å². The molecule has 2 nitrogen and oxygen atoms in total. The minimum absolute atomic E-state index is 0.240. The third-order valence-corrected chi connectivity index (χ3v) is 10.2. The number of fused-ring (bicyclic) bond motifs is 9. The highest BCUT2D eigenvalue weighted by molar-refractivity contribution is 7.19. The fourth-order valence-corrected chi connectivity index (χ4v) is 8.33. The Balaban J connectivity index is 1.27. The van der Waals surface area contributed by atoms with Gasteiger partial charge in [-0.1, -0.05) is 98.0 Å². The molecule has 2 aromatic heterocycles. The highest BCUT2D eigenvalue weighted by Crippen LogP contribution is 2.51. The van der Waals surface area contributed by atoms with Crippen LogP contribution < -0.4 is 0 Å². The molecule has 4 aliphatic carbocycles. The highest BCUT2D eigenvalue weighted by Gasteiger charge is 2.34. The molecule has 4 unspecified atom stereocenters. The minimum atomic E-state index is 0.240. The van der Waals surface area contributed by atoms with E-state index in [1.54, 1.807) is 4.88 Å². The van der Waals surface area contributed by atoms with Crippen LogP contribution >= 0.6 is 11.3 Å². The summed E-state index contributed by atoms with van der Waals surface area (Å²) in [5.41, 5.74) is 10.3. The second kappa shape index (κ2) is 8.61. The van der Waals surface area contributed by atoms with Gasteiger partial charge in [-0.3, -0.25) is 9.97 Å². The van der Waals surface area contributed by atoms with E-state index in [4.69, 9.17) is 9.97 Å². The van der Waals surface area contributed by atoms with E-state index in [0.717, 1.165) is 24.2 Å². The van der Waals surface area contributed by atoms with Crippen molar-refractivity contribution in [3.05, 3.63) is 130 Å². The van der Waals surface area contributed by atoms with Gasteiger partial charge in [-0.25, -0.2) is 0 Å². The maximum absolute atomic E-state index is 4.78. The van der Waals surface area contributed by atoms with Crippen LogP contribution in [0.1, 0.15) is 76.3 Å². The van der Waals surface area contributed by atoms with Crippen molar-refractivity contribution in [1.29, 1.82) is 0 Å². The fourth-order valence-electron chi connectivity index (χ4n) is 6.91. The SMILES string of the molecule is CC1CC=Cc2c1sc1c(C3CC=CC=C3c3ccc4c(c3)C3C=CC=CC3c3nccnc3-4)cccc21. The van der Waals surface area contributed by atoms with Crippen molar-refractivity contribution in [3.8, 4) is 11.3 Å². The van der Waals surface area contributed by atoms with E-state index < -0.39 is 0 Å². The normalized spacial score (nSPS) is 24.5. The number of aromatic nitrogens is 2. The van der Waals surface area contributed by atoms with Crippen LogP contribution in [0.25, 0.3) is 33.0 Å². The average Bonchev–Trinajstić information content (AvgIpc) is 3.37. The van der Waals surface area contributed by atoms with Gasteiger partial charge in [-0.2, -0.15) is 0 Å². The van der Waals surface area contributed by atoms with Crippen LogP contribution in [-0.2, 0) is 0 Å². The first-order valence-electron chi connectivity index (χ1n) is 13.7. The summed E-state index contributed by atoms with van der Waals surface area (Å²) in [6.45, 7) is 2.36. The van der Waals surface area contributed by atoms with Gasteiger partial charge in [-0.15, -0.1) is 11.3 Å². The van der Waals surface area contributed by atoms with Gasteiger partial charge in [0, 0.05) is 50.7 Å². The summed E-state index contributed by atoms with van der Waals surface area (Å²) in [5.74, 6) is 1.47. The lowest BCUT2D eigenvalue weighted by Crippen LogP contribution is -2.19. The maximum atomic E-state index is 4.78. The summed E-state index contributed by atoms with van der Waals surface area (Å²) in [6.07, 6.45) is 26.4. The number of nitrogens with zero attached hydrogens (tertiary/aromatic N) is 2. The quantitative estimate of drug-likeness (QED) is 0.270. The van der Waals surface area contributed by atoms with Gasteiger partial charge < -0.3 is 0 Å². The Hall–Kier alpha value is -3.82. The van der Waals surface area contributed by atoms with Crippen LogP contribution in [0.2, 0.25) is 0 Å². The Labute approximate surface area is 227 Å². The van der Waals surface area contributed by atoms with Crippen LogP contribution in [0, 0.1) is 0 Å². The first-order valence-corrected chi connectivity index (χ1v) is 14.5. The fraction of sp³-hybridized carbons (Fsp3) is 0.200. The van der Waals surface area contributed by atoms with E-state index in [1.165, 1.54) is 43.5 Å². The highest BCUT2D eigenvalue weighted by atomic mass is 32.1. The Bertz CT molecular complexity index is 1760. The smallest absolute Gasteiger partial charge is 0.0926 e. The standard InChI is InChI=1S/C35H28N2S/c1-21-8-6-13-29-30-15-7-14-28(35(30)38-34(21)29)24-10-3-2-9-23(24)22-16-17-27-31(20-22)25-11-4-5-12-26(25)32-33(27)37-19-18-36-32/h2-7,9,11-21,24-26H,8,10H2,1H3. The summed E-state index contributed by atoms with van der Waals surface area (Å²) in [5, 5.41) is 1.42. The van der Waals surface area contributed by atoms with Crippen molar-refractivity contribution in [1.82, 2.24) is 9.97 Å². The summed E-state index contributed by atoms with van der Waals surface area (Å²) < 4.78 is 1.46. The molecule has 0 N–H and O–H groups in total. The second-order valence-corrected chi connectivity index (χ2v) is 11.9. The molecule has 0 spiro atoms. The zero-order valence-corrected chi connectivity index (χ0v) is 22.2. The van der Waals surface area contributed by atoms with Crippen LogP contribution in [0.4, 0.5) is 0 Å². The first-order chi connectivity index (χ1) is 18.8. The van der Waals surface area contributed by atoms with E-state index in [2.05, 4.69) is 98.0 Å². The molecule has 38 heavy (non-hydrogen) atoms. The lowest BCUT2D eigenvalue weighted by atomic mass is 9.72. The summed E-state index contributed by atoms with van der Waals surface area (Å²) in [4.78, 5) is 11.1. The Morgan fingerprint density at radius 1 is 0.868 bits per heavy atom. The molecule has 8 rings (SSSR count). The Morgan fingerprint density at radius 2 is 1.76 bits per heavy atom. The van der Waals surface area contributed by atoms with E-state index in [-0.39, 0.29) is 11.8 Å². The van der Waals surface area contributed by atoms with Crippen molar-refractivity contribution in [2.24, 2.45) is 0 Å². The lowest BCUT2D eigenvalue weighted by Gasteiger charge is -2.33. The van der Waals surface area contributed by atoms with E-state index in [1.807, 2.05) is 23.7 Å². The molecular weight excluding hydrogens is 480 g/mol. The summed E-state index contributed by atoms with van der Waals surface area (Å²) in [6, 6.07) is 14.0. The van der Waals surface area contributed by atoms with Crippen LogP contribution in [0.5, 0.6) is 0 Å². The van der Waals surface area contributed by atoms with E-state index in [0.29, 0.717) is 11.8 Å². The van der Waals surface area contributed by atoms with Gasteiger partial charge in [-0.05, 0) is 46.6 Å². The predicted octanol–water partition coefficient (Wildman–Crippen LogP) is 9.31. The molecule has 0 amide bonds. The zero-order chi connectivity index (χ0) is 25.2. The maximum Gasteiger partial charge on any atom is 0.0926 e. The van der Waals surface area contributed by atoms with E-state index in [9.17, 15) is 0 Å².